The predicted molar refractivity (Wildman–Crippen MR) is 235 cm³/mol. The fourth-order valence-corrected chi connectivity index (χ4v) is 5.22. The zero-order chi connectivity index (χ0) is 53.7. The summed E-state index contributed by atoms with van der Waals surface area (Å²) in [6.07, 6.45) is 1.67. The third kappa shape index (κ3) is 42.2. The summed E-state index contributed by atoms with van der Waals surface area (Å²) >= 11 is 0. The average molecular weight is 1010 g/mol. The van der Waals surface area contributed by atoms with E-state index < -0.39 is 48.8 Å². The van der Waals surface area contributed by atoms with Gasteiger partial charge in [0.25, 0.3) is 25.9 Å². The van der Waals surface area contributed by atoms with Crippen LogP contribution in [-0.2, 0) is 86.0 Å². The minimum Gasteiger partial charge on any atom is -0.495 e. The monoisotopic (exact) mass is 1010 g/mol. The van der Waals surface area contributed by atoms with Crippen molar-refractivity contribution >= 4 is 74.5 Å². The fourth-order valence-electron chi connectivity index (χ4n) is 5.22. The molecule has 0 aromatic rings. The van der Waals surface area contributed by atoms with E-state index in [2.05, 4.69) is 37.4 Å². The Hall–Kier alpha value is -7.21. The number of carbonyl (C=O) groups excluding carboxylic acids is 8. The maximum atomic E-state index is 12.2. The van der Waals surface area contributed by atoms with E-state index in [-0.39, 0.29) is 158 Å². The zero-order valence-electron chi connectivity index (χ0n) is 39.3. The van der Waals surface area contributed by atoms with Crippen LogP contribution in [0.4, 0.5) is 0 Å². The molecule has 0 radical (unpaired) electrons. The minimum absolute atomic E-state index is 0.0285. The normalized spacial score (nSPS) is 10.3. The van der Waals surface area contributed by atoms with Crippen LogP contribution in [0.15, 0.2) is 24.6 Å². The predicted octanol–water partition coefficient (Wildman–Crippen LogP) is -4.45. The Kier molecular flexibility index (Phi) is 42.4. The second kappa shape index (κ2) is 44.3. The van der Waals surface area contributed by atoms with Gasteiger partial charge in [-0.05, 0) is 13.5 Å². The molecule has 0 aliphatic rings. The van der Waals surface area contributed by atoms with Crippen LogP contribution < -0.4 is 5.32 Å². The Labute approximate surface area is 403 Å². The van der Waals surface area contributed by atoms with E-state index in [0.29, 0.717) is 11.5 Å². The highest BCUT2D eigenvalue weighted by Gasteiger charge is 2.21. The SMILES string of the molecule is C=C(C)OCCOC(=O)CN(CCN(CCN(COC=O)COC=O)CC(=O)O)CC(=O)O.C=C(C)[N+](=C=O)CCNC(=O)CN(CCN(CCN(COC=O)COC=O)CC(=O)O)CC(=O)O.C=O. The first-order valence-electron chi connectivity index (χ1n) is 20.5. The topological polar surface area (TPSA) is 376 Å². The lowest BCUT2D eigenvalue weighted by molar-refractivity contribution is -0.471. The number of carboxylic acids is 4. The summed E-state index contributed by atoms with van der Waals surface area (Å²) < 4.78 is 29.7. The summed E-state index contributed by atoms with van der Waals surface area (Å²) in [5, 5.41) is 39.2. The highest BCUT2D eigenvalue weighted by molar-refractivity contribution is 5.79. The molecule has 0 spiro atoms. The molecule has 0 atom stereocenters. The molecule has 0 saturated carbocycles. The smallest absolute Gasteiger partial charge is 0.430 e. The highest BCUT2D eigenvalue weighted by atomic mass is 16.6. The number of rotatable bonds is 44. The Balaban J connectivity index is -0.00000124. The number of carbonyl (C=O) groups is 11. The lowest BCUT2D eigenvalue weighted by Gasteiger charge is -2.27. The van der Waals surface area contributed by atoms with Crippen molar-refractivity contribution in [3.05, 3.63) is 24.6 Å². The molecule has 0 heterocycles. The summed E-state index contributed by atoms with van der Waals surface area (Å²) in [7, 11) is 0. The number of nitrogens with zero attached hydrogens (tertiary/aromatic N) is 7. The van der Waals surface area contributed by atoms with E-state index in [1.807, 2.05) is 6.79 Å². The Bertz CT molecular complexity index is 1660. The van der Waals surface area contributed by atoms with Gasteiger partial charge in [-0.25, -0.2) is 9.80 Å². The minimum atomic E-state index is -1.17. The van der Waals surface area contributed by atoms with Gasteiger partial charge in [-0.2, -0.15) is 4.79 Å². The van der Waals surface area contributed by atoms with Gasteiger partial charge < -0.3 is 59.0 Å². The molecule has 0 saturated heterocycles. The molecule has 5 N–H and O–H groups in total. The molecular formula is C40H65N8O22+. The van der Waals surface area contributed by atoms with Crippen LogP contribution in [0.1, 0.15) is 13.8 Å². The van der Waals surface area contributed by atoms with Gasteiger partial charge >= 0.3 is 35.9 Å². The summed E-state index contributed by atoms with van der Waals surface area (Å²) in [5.74, 6) is -5.25. The van der Waals surface area contributed by atoms with Crippen molar-refractivity contribution in [2.75, 3.05) is 145 Å². The van der Waals surface area contributed by atoms with Crippen molar-refractivity contribution in [3.63, 3.8) is 0 Å². The molecule has 1 amide bonds. The van der Waals surface area contributed by atoms with Gasteiger partial charge in [0.05, 0.1) is 51.6 Å². The zero-order valence-corrected chi connectivity index (χ0v) is 39.3. The first-order chi connectivity index (χ1) is 33.3. The molecule has 0 rings (SSSR count). The number of isocyanates is 1. The van der Waals surface area contributed by atoms with E-state index in [4.69, 9.17) is 29.6 Å². The lowest BCUT2D eigenvalue weighted by Crippen LogP contribution is -2.46. The van der Waals surface area contributed by atoms with Gasteiger partial charge in [-0.1, -0.05) is 6.58 Å². The van der Waals surface area contributed by atoms with Crippen LogP contribution >= 0.6 is 0 Å². The number of hydrogen-bond acceptors (Lipinski definition) is 24. The molecule has 70 heavy (non-hydrogen) atoms. The van der Waals surface area contributed by atoms with Gasteiger partial charge in [0.1, 0.15) is 46.9 Å². The average Bonchev–Trinajstić information content (AvgIpc) is 3.29. The number of ether oxygens (including phenoxy) is 6. The van der Waals surface area contributed by atoms with Crippen LogP contribution in [0.25, 0.3) is 0 Å². The summed E-state index contributed by atoms with van der Waals surface area (Å²) in [6, 6.07) is 0. The molecule has 30 heteroatoms. The van der Waals surface area contributed by atoms with E-state index in [9.17, 15) is 57.8 Å². The van der Waals surface area contributed by atoms with Crippen LogP contribution in [-0.4, -0.2) is 274 Å². The Morgan fingerprint density at radius 2 is 0.857 bits per heavy atom. The molecule has 30 nitrogen and oxygen atoms in total. The van der Waals surface area contributed by atoms with Crippen molar-refractivity contribution in [1.82, 2.24) is 34.7 Å². The molecule has 0 aromatic heterocycles. The summed E-state index contributed by atoms with van der Waals surface area (Å²) in [4.78, 5) is 138. The number of carboxylic acid groups (broad SMARTS) is 4. The maximum Gasteiger partial charge on any atom is 0.430 e. The molecular weight excluding hydrogens is 944 g/mol. The third-order valence-corrected chi connectivity index (χ3v) is 8.31. The van der Waals surface area contributed by atoms with E-state index in [0.717, 1.165) is 0 Å². The van der Waals surface area contributed by atoms with Gasteiger partial charge in [0.2, 0.25) is 5.91 Å². The fraction of sp³-hybridized carbons (Fsp3) is 0.600. The highest BCUT2D eigenvalue weighted by Crippen LogP contribution is 2.00. The molecule has 0 fully saturated rings. The third-order valence-electron chi connectivity index (χ3n) is 8.31. The van der Waals surface area contributed by atoms with Crippen molar-refractivity contribution < 1.29 is 111 Å². The molecule has 0 aliphatic heterocycles. The van der Waals surface area contributed by atoms with E-state index in [1.165, 1.54) is 34.0 Å². The second-order valence-corrected chi connectivity index (χ2v) is 14.0. The molecule has 0 unspecified atom stereocenters. The molecule has 396 valence electrons. The van der Waals surface area contributed by atoms with Gasteiger partial charge in [-0.3, -0.25) is 67.5 Å². The standard InChI is InChI=1S/C20H31N5O10.C19H31N3O11.CH2O/c1-17(2)25(12-26)4-3-21-18(29)9-23(11-20(32)33)7-5-22(10-19(30)31)6-8-24(13-34-15-27)14-35-16-28;1-16(2)32-7-8-33-19(29)11-21(10-18(27)28)5-3-20(9-17(25)26)4-6-22(12-30-14-23)13-31-15-24;1-2/h15-16H,1,3-11,13-14H2,2H3,(H2-,21,29,30,31,32,33);14-15H,1,3-13H2,2H3,(H,25,26)(H,27,28);1H2/p+1. The quantitative estimate of drug-likeness (QED) is 0.00442. The van der Waals surface area contributed by atoms with Gasteiger partial charge in [0.15, 0.2) is 12.2 Å². The summed E-state index contributed by atoms with van der Waals surface area (Å²) in [6.45, 7) is 11.7. The molecule has 0 bridgehead atoms. The van der Waals surface area contributed by atoms with E-state index >= 15 is 0 Å². The molecule has 0 aliphatic carbocycles. The van der Waals surface area contributed by atoms with Crippen molar-refractivity contribution in [3.8, 4) is 0 Å². The number of hydrogen-bond donors (Lipinski definition) is 5. The summed E-state index contributed by atoms with van der Waals surface area (Å²) in [5.41, 5.74) is 0.453. The van der Waals surface area contributed by atoms with Crippen LogP contribution in [0.2, 0.25) is 0 Å². The number of amides is 1. The van der Waals surface area contributed by atoms with Crippen LogP contribution in [0, 0.1) is 0 Å². The number of allylic oxidation sites excluding steroid dienone is 2. The van der Waals surface area contributed by atoms with E-state index in [1.54, 1.807) is 19.9 Å². The van der Waals surface area contributed by atoms with Gasteiger partial charge in [0, 0.05) is 59.3 Å². The Morgan fingerprint density at radius 1 is 0.529 bits per heavy atom. The number of esters is 1. The second-order valence-electron chi connectivity index (χ2n) is 14.0. The van der Waals surface area contributed by atoms with Crippen LogP contribution in [0.3, 0.4) is 0 Å². The maximum absolute atomic E-state index is 12.2. The van der Waals surface area contributed by atoms with Crippen molar-refractivity contribution in [2.45, 2.75) is 13.8 Å². The first-order valence-corrected chi connectivity index (χ1v) is 20.5. The number of aliphatic carboxylic acids is 4. The van der Waals surface area contributed by atoms with Gasteiger partial charge in [-0.15, -0.1) is 4.58 Å². The van der Waals surface area contributed by atoms with Crippen LogP contribution in [0.5, 0.6) is 0 Å². The molecule has 0 aromatic carbocycles. The van der Waals surface area contributed by atoms with Crippen molar-refractivity contribution in [1.29, 1.82) is 0 Å². The largest absolute Gasteiger partial charge is 0.495 e. The lowest BCUT2D eigenvalue weighted by atomic mass is 10.3. The van der Waals surface area contributed by atoms with Crippen molar-refractivity contribution in [2.24, 2.45) is 0 Å². The number of nitrogens with one attached hydrogen (secondary N) is 1. The Morgan fingerprint density at radius 3 is 1.19 bits per heavy atom. The first kappa shape index (κ1) is 67.1.